The molecular weight excluding hydrogens is 214 g/mol. The lowest BCUT2D eigenvalue weighted by molar-refractivity contribution is 0.0375. The Labute approximate surface area is 103 Å². The van der Waals surface area contributed by atoms with Gasteiger partial charge in [0.25, 0.3) is 0 Å². The summed E-state index contributed by atoms with van der Waals surface area (Å²) in [6, 6.07) is 4.91. The van der Waals surface area contributed by atoms with Crippen LogP contribution in [0.4, 0.5) is 0 Å². The fourth-order valence-corrected chi connectivity index (χ4v) is 2.82. The zero-order valence-corrected chi connectivity index (χ0v) is 10.2. The highest BCUT2D eigenvalue weighted by molar-refractivity contribution is 4.91. The molecule has 0 bridgehead atoms. The second-order valence-corrected chi connectivity index (χ2v) is 4.88. The molecule has 2 fully saturated rings. The van der Waals surface area contributed by atoms with Gasteiger partial charge < -0.3 is 0 Å². The maximum atomic E-state index is 8.80. The van der Waals surface area contributed by atoms with Crippen LogP contribution in [-0.4, -0.2) is 66.7 Å². The van der Waals surface area contributed by atoms with Gasteiger partial charge in [-0.25, -0.2) is 0 Å². The van der Waals surface area contributed by atoms with Crippen LogP contribution in [-0.2, 0) is 0 Å². The molecule has 0 unspecified atom stereocenters. The number of nitriles is 2. The van der Waals surface area contributed by atoms with Gasteiger partial charge in [0.05, 0.1) is 31.9 Å². The van der Waals surface area contributed by atoms with Gasteiger partial charge >= 0.3 is 0 Å². The van der Waals surface area contributed by atoms with Crippen molar-refractivity contribution in [3.8, 4) is 12.1 Å². The predicted octanol–water partition coefficient (Wildman–Crippen LogP) is 0.0731. The minimum Gasteiger partial charge on any atom is -0.298 e. The van der Waals surface area contributed by atoms with Crippen molar-refractivity contribution in [1.29, 1.82) is 10.5 Å². The molecule has 0 amide bonds. The Bertz CT molecular complexity index is 299. The van der Waals surface area contributed by atoms with Crippen LogP contribution in [0.5, 0.6) is 0 Å². The first kappa shape index (κ1) is 12.3. The van der Waals surface area contributed by atoms with Crippen LogP contribution in [0.3, 0.4) is 0 Å². The van der Waals surface area contributed by atoms with E-state index in [1.54, 1.807) is 0 Å². The second-order valence-electron chi connectivity index (χ2n) is 4.88. The van der Waals surface area contributed by atoms with E-state index in [9.17, 15) is 0 Å². The first-order valence-electron chi connectivity index (χ1n) is 6.26. The van der Waals surface area contributed by atoms with Crippen LogP contribution >= 0.6 is 0 Å². The van der Waals surface area contributed by atoms with Crippen molar-refractivity contribution in [2.45, 2.75) is 18.9 Å². The van der Waals surface area contributed by atoms with Crippen molar-refractivity contribution < 1.29 is 0 Å². The summed E-state index contributed by atoms with van der Waals surface area (Å²) in [5.41, 5.74) is 0. The number of likely N-dealkylation sites (tertiary alicyclic amines) is 1. The minimum absolute atomic E-state index is 0.465. The number of hydrogen-bond acceptors (Lipinski definition) is 5. The quantitative estimate of drug-likeness (QED) is 0.646. The molecule has 0 saturated carbocycles. The summed E-state index contributed by atoms with van der Waals surface area (Å²) in [5, 5.41) is 17.6. The highest BCUT2D eigenvalue weighted by Gasteiger charge is 2.30. The van der Waals surface area contributed by atoms with Crippen molar-refractivity contribution in [3.63, 3.8) is 0 Å². The SMILES string of the molecule is N#CCN1CC(N2CCCC2)CN(CC#N)C1. The maximum absolute atomic E-state index is 8.80. The molecule has 2 saturated heterocycles. The first-order chi connectivity index (χ1) is 8.33. The highest BCUT2D eigenvalue weighted by atomic mass is 15.4. The lowest BCUT2D eigenvalue weighted by Gasteiger charge is -2.41. The van der Waals surface area contributed by atoms with Crippen molar-refractivity contribution in [2.75, 3.05) is 45.9 Å². The highest BCUT2D eigenvalue weighted by Crippen LogP contribution is 2.17. The average molecular weight is 233 g/mol. The summed E-state index contributed by atoms with van der Waals surface area (Å²) in [7, 11) is 0. The molecule has 0 aromatic heterocycles. The van der Waals surface area contributed by atoms with Gasteiger partial charge in [0.2, 0.25) is 0 Å². The molecule has 0 aromatic rings. The number of hydrogen-bond donors (Lipinski definition) is 0. The van der Waals surface area contributed by atoms with Crippen molar-refractivity contribution in [3.05, 3.63) is 0 Å². The van der Waals surface area contributed by atoms with Gasteiger partial charge in [0, 0.05) is 19.1 Å². The van der Waals surface area contributed by atoms with E-state index in [1.807, 2.05) is 0 Å². The van der Waals surface area contributed by atoms with E-state index in [2.05, 4.69) is 26.8 Å². The molecule has 92 valence electrons. The molecule has 0 atom stereocenters. The molecule has 2 aliphatic heterocycles. The van der Waals surface area contributed by atoms with E-state index >= 15 is 0 Å². The molecule has 0 aromatic carbocycles. The summed E-state index contributed by atoms with van der Waals surface area (Å²) < 4.78 is 0. The molecule has 5 nitrogen and oxygen atoms in total. The van der Waals surface area contributed by atoms with Gasteiger partial charge in [-0.1, -0.05) is 0 Å². The predicted molar refractivity (Wildman–Crippen MR) is 63.8 cm³/mol. The Morgan fingerprint density at radius 3 is 1.94 bits per heavy atom. The molecule has 2 heterocycles. The van der Waals surface area contributed by atoms with E-state index in [-0.39, 0.29) is 0 Å². The molecule has 5 heteroatoms. The van der Waals surface area contributed by atoms with Gasteiger partial charge in [0.15, 0.2) is 0 Å². The first-order valence-corrected chi connectivity index (χ1v) is 6.26. The van der Waals surface area contributed by atoms with Gasteiger partial charge in [-0.3, -0.25) is 14.7 Å². The zero-order valence-electron chi connectivity index (χ0n) is 10.2. The number of nitrogens with zero attached hydrogens (tertiary/aromatic N) is 5. The number of rotatable bonds is 3. The van der Waals surface area contributed by atoms with E-state index in [1.165, 1.54) is 25.9 Å². The molecule has 2 aliphatic rings. The van der Waals surface area contributed by atoms with Gasteiger partial charge in [-0.15, -0.1) is 0 Å². The summed E-state index contributed by atoms with van der Waals surface area (Å²) in [6.45, 7) is 5.96. The molecule has 17 heavy (non-hydrogen) atoms. The summed E-state index contributed by atoms with van der Waals surface area (Å²) in [4.78, 5) is 6.79. The van der Waals surface area contributed by atoms with E-state index in [0.29, 0.717) is 19.1 Å². The van der Waals surface area contributed by atoms with E-state index in [0.717, 1.165) is 19.8 Å². The van der Waals surface area contributed by atoms with Gasteiger partial charge in [-0.2, -0.15) is 10.5 Å². The van der Waals surface area contributed by atoms with Crippen LogP contribution in [0, 0.1) is 22.7 Å². The molecule has 0 radical (unpaired) electrons. The standard InChI is InChI=1S/C12H19N5/c13-3-7-15-9-12(17-5-1-2-6-17)10-16(11-15)8-4-14/h12H,1-2,5-11H2. The lowest BCUT2D eigenvalue weighted by atomic mass is 10.2. The summed E-state index contributed by atoms with van der Waals surface area (Å²) in [5.74, 6) is 0. The topological polar surface area (TPSA) is 57.3 Å². The van der Waals surface area contributed by atoms with Crippen LogP contribution < -0.4 is 0 Å². The summed E-state index contributed by atoms with van der Waals surface area (Å²) in [6.07, 6.45) is 2.57. The van der Waals surface area contributed by atoms with Crippen LogP contribution in [0.25, 0.3) is 0 Å². The molecule has 0 N–H and O–H groups in total. The van der Waals surface area contributed by atoms with Crippen LogP contribution in [0.1, 0.15) is 12.8 Å². The fraction of sp³-hybridized carbons (Fsp3) is 0.833. The average Bonchev–Trinajstić information content (AvgIpc) is 2.83. The third kappa shape index (κ3) is 3.17. The monoisotopic (exact) mass is 233 g/mol. The Hall–Kier alpha value is -1.14. The Balaban J connectivity index is 1.95. The van der Waals surface area contributed by atoms with Crippen molar-refractivity contribution in [2.24, 2.45) is 0 Å². The Kier molecular flexibility index (Phi) is 4.33. The van der Waals surface area contributed by atoms with Gasteiger partial charge in [-0.05, 0) is 25.9 Å². The molecule has 0 aliphatic carbocycles. The Morgan fingerprint density at radius 2 is 1.47 bits per heavy atom. The second kappa shape index (κ2) is 5.97. The summed E-state index contributed by atoms with van der Waals surface area (Å²) >= 11 is 0. The maximum Gasteiger partial charge on any atom is 0.0876 e. The third-order valence-electron chi connectivity index (χ3n) is 3.58. The normalized spacial score (nSPS) is 24.6. The fourth-order valence-electron chi connectivity index (χ4n) is 2.82. The van der Waals surface area contributed by atoms with Crippen molar-refractivity contribution >= 4 is 0 Å². The van der Waals surface area contributed by atoms with E-state index < -0.39 is 0 Å². The van der Waals surface area contributed by atoms with Gasteiger partial charge in [0.1, 0.15) is 0 Å². The Morgan fingerprint density at radius 1 is 0.941 bits per heavy atom. The van der Waals surface area contributed by atoms with Crippen molar-refractivity contribution in [1.82, 2.24) is 14.7 Å². The third-order valence-corrected chi connectivity index (χ3v) is 3.58. The molecule has 2 rings (SSSR count). The molecular formula is C12H19N5. The minimum atomic E-state index is 0.465. The van der Waals surface area contributed by atoms with E-state index in [4.69, 9.17) is 10.5 Å². The van der Waals surface area contributed by atoms with Crippen LogP contribution in [0.2, 0.25) is 0 Å². The smallest absolute Gasteiger partial charge is 0.0876 e. The van der Waals surface area contributed by atoms with Crippen LogP contribution in [0.15, 0.2) is 0 Å². The molecule has 0 spiro atoms. The largest absolute Gasteiger partial charge is 0.298 e. The lowest BCUT2D eigenvalue weighted by Crippen LogP contribution is -2.57. The zero-order chi connectivity index (χ0) is 12.1.